The molecule has 7 aromatic carbocycles. The average Bonchev–Trinajstić information content (AvgIpc) is 3.50. The molecule has 0 bridgehead atoms. The Hall–Kier alpha value is -6.38. The molecule has 2 heteroatoms. The number of rotatable bonds is 4. The minimum atomic E-state index is 0.921. The number of hydrogen-bond acceptors (Lipinski definition) is 2. The van der Waals surface area contributed by atoms with Gasteiger partial charge in [0.2, 0.25) is 0 Å². The lowest BCUT2D eigenvalue weighted by molar-refractivity contribution is 1.37. The summed E-state index contributed by atoms with van der Waals surface area (Å²) in [4.78, 5) is 9.66. The molecule has 0 N–H and O–H groups in total. The Morgan fingerprint density at radius 3 is 1.67 bits per heavy atom. The van der Waals surface area contributed by atoms with Crippen molar-refractivity contribution in [3.05, 3.63) is 170 Å². The molecule has 0 radical (unpaired) electrons. The Labute approximate surface area is 278 Å². The molecule has 0 saturated carbocycles. The first kappa shape index (κ1) is 26.8. The summed E-state index contributed by atoms with van der Waals surface area (Å²) in [6.45, 7) is 0. The first-order valence-corrected chi connectivity index (χ1v) is 16.4. The zero-order valence-electron chi connectivity index (χ0n) is 26.1. The summed E-state index contributed by atoms with van der Waals surface area (Å²) in [5.41, 5.74) is 16.7. The maximum atomic E-state index is 4.89. The second-order valence-electron chi connectivity index (χ2n) is 12.5. The topological polar surface area (TPSA) is 25.8 Å². The smallest absolute Gasteiger partial charge is 0.0970 e. The van der Waals surface area contributed by atoms with Crippen LogP contribution in [0.15, 0.2) is 170 Å². The predicted octanol–water partition coefficient (Wildman–Crippen LogP) is 12.3. The van der Waals surface area contributed by atoms with Gasteiger partial charge in [0, 0.05) is 23.2 Å². The molecule has 0 saturated heterocycles. The molecule has 0 unspecified atom stereocenters. The summed E-state index contributed by atoms with van der Waals surface area (Å²) in [5, 5.41) is 4.77. The second-order valence-corrected chi connectivity index (χ2v) is 12.5. The molecule has 0 amide bonds. The maximum absolute atomic E-state index is 4.89. The van der Waals surface area contributed by atoms with Gasteiger partial charge in [-0.15, -0.1) is 0 Å². The highest BCUT2D eigenvalue weighted by Crippen LogP contribution is 2.58. The van der Waals surface area contributed by atoms with Crippen molar-refractivity contribution in [2.24, 2.45) is 0 Å². The molecule has 2 nitrogen and oxygen atoms in total. The third-order valence-corrected chi connectivity index (χ3v) is 9.89. The van der Waals surface area contributed by atoms with E-state index in [1.165, 1.54) is 72.0 Å². The van der Waals surface area contributed by atoms with E-state index >= 15 is 0 Å². The predicted molar refractivity (Wildman–Crippen MR) is 201 cm³/mol. The largest absolute Gasteiger partial charge is 0.254 e. The number of benzene rings is 7. The van der Waals surface area contributed by atoms with Gasteiger partial charge in [-0.2, -0.15) is 0 Å². The van der Waals surface area contributed by atoms with E-state index in [0.29, 0.717) is 0 Å². The van der Waals surface area contributed by atoms with E-state index in [-0.39, 0.29) is 0 Å². The molecule has 0 atom stereocenters. The third-order valence-electron chi connectivity index (χ3n) is 9.89. The summed E-state index contributed by atoms with van der Waals surface area (Å²) in [6, 6.07) is 57.2. The fourth-order valence-corrected chi connectivity index (χ4v) is 7.89. The SMILES string of the molecule is c1ccc(-c2cc(-c3cc4cccnc4c4ncccc34)c(-c3ccccc3)c3c2-c2cccc4c(-c5ccccc5)ccc-3c24)cc1. The molecule has 0 spiro atoms. The Kier molecular flexibility index (Phi) is 5.91. The Balaban J connectivity index is 1.40. The fourth-order valence-electron chi connectivity index (χ4n) is 7.89. The van der Waals surface area contributed by atoms with Crippen molar-refractivity contribution in [1.29, 1.82) is 0 Å². The van der Waals surface area contributed by atoms with E-state index in [4.69, 9.17) is 9.97 Å². The summed E-state index contributed by atoms with van der Waals surface area (Å²) >= 11 is 0. The van der Waals surface area contributed by atoms with Crippen LogP contribution in [0.4, 0.5) is 0 Å². The molecule has 1 aliphatic rings. The number of fused-ring (bicyclic) bond motifs is 6. The standard InChI is InChI=1S/C46H28N2/c1-4-13-29(14-5-1)33-23-24-37-42-34(33)20-10-21-36(42)43-38(30-15-6-2-7-16-30)28-40(41(44(37)43)31-17-8-3-9-18-31)39-27-32-19-11-25-47-45(32)46-35(39)22-12-26-48-46/h1-28H. The Morgan fingerprint density at radius 1 is 0.312 bits per heavy atom. The highest BCUT2D eigenvalue weighted by Gasteiger charge is 2.31. The van der Waals surface area contributed by atoms with Crippen LogP contribution in [0.5, 0.6) is 0 Å². The van der Waals surface area contributed by atoms with Gasteiger partial charge in [0.25, 0.3) is 0 Å². The maximum Gasteiger partial charge on any atom is 0.0970 e. The van der Waals surface area contributed by atoms with Crippen LogP contribution >= 0.6 is 0 Å². The van der Waals surface area contributed by atoms with Crippen LogP contribution in [0.2, 0.25) is 0 Å². The number of hydrogen-bond donors (Lipinski definition) is 0. The van der Waals surface area contributed by atoms with Crippen molar-refractivity contribution in [1.82, 2.24) is 9.97 Å². The van der Waals surface area contributed by atoms with Gasteiger partial charge in [-0.25, -0.2) is 0 Å². The van der Waals surface area contributed by atoms with Crippen LogP contribution in [0.25, 0.3) is 99.3 Å². The Bertz CT molecular complexity index is 2700. The number of aromatic nitrogens is 2. The number of pyridine rings is 2. The summed E-state index contributed by atoms with van der Waals surface area (Å²) in [7, 11) is 0. The normalized spacial score (nSPS) is 11.8. The van der Waals surface area contributed by atoms with Crippen LogP contribution < -0.4 is 0 Å². The molecule has 9 aromatic rings. The van der Waals surface area contributed by atoms with Crippen molar-refractivity contribution in [2.75, 3.05) is 0 Å². The van der Waals surface area contributed by atoms with Gasteiger partial charge in [-0.3, -0.25) is 9.97 Å². The lowest BCUT2D eigenvalue weighted by Gasteiger charge is -2.22. The number of nitrogens with zero attached hydrogens (tertiary/aromatic N) is 2. The fraction of sp³-hybridized carbons (Fsp3) is 0. The molecule has 0 fully saturated rings. The summed E-state index contributed by atoms with van der Waals surface area (Å²) < 4.78 is 0. The van der Waals surface area contributed by atoms with Gasteiger partial charge in [-0.05, 0) is 102 Å². The van der Waals surface area contributed by atoms with E-state index in [9.17, 15) is 0 Å². The van der Waals surface area contributed by atoms with Gasteiger partial charge in [0.1, 0.15) is 0 Å². The van der Waals surface area contributed by atoms with Crippen molar-refractivity contribution in [3.63, 3.8) is 0 Å². The monoisotopic (exact) mass is 608 g/mol. The van der Waals surface area contributed by atoms with E-state index in [0.717, 1.165) is 27.4 Å². The highest BCUT2D eigenvalue weighted by molar-refractivity contribution is 6.25. The third kappa shape index (κ3) is 3.93. The molecule has 2 aromatic heterocycles. The minimum Gasteiger partial charge on any atom is -0.254 e. The Morgan fingerprint density at radius 2 is 0.917 bits per heavy atom. The molecule has 48 heavy (non-hydrogen) atoms. The van der Waals surface area contributed by atoms with Gasteiger partial charge >= 0.3 is 0 Å². The van der Waals surface area contributed by atoms with E-state index in [1.807, 2.05) is 24.5 Å². The summed E-state index contributed by atoms with van der Waals surface area (Å²) in [6.07, 6.45) is 3.73. The first-order valence-electron chi connectivity index (χ1n) is 16.4. The van der Waals surface area contributed by atoms with Crippen molar-refractivity contribution >= 4 is 32.6 Å². The molecule has 222 valence electrons. The molecule has 1 aliphatic carbocycles. The van der Waals surface area contributed by atoms with E-state index in [1.54, 1.807) is 0 Å². The van der Waals surface area contributed by atoms with Crippen LogP contribution in [0.1, 0.15) is 0 Å². The van der Waals surface area contributed by atoms with Gasteiger partial charge in [0.05, 0.1) is 11.0 Å². The quantitative estimate of drug-likeness (QED) is 0.186. The molecular formula is C46H28N2. The van der Waals surface area contributed by atoms with Crippen LogP contribution in [-0.4, -0.2) is 9.97 Å². The van der Waals surface area contributed by atoms with Gasteiger partial charge in [0.15, 0.2) is 0 Å². The van der Waals surface area contributed by atoms with Gasteiger partial charge < -0.3 is 0 Å². The zero-order valence-corrected chi connectivity index (χ0v) is 26.1. The lowest BCUT2D eigenvalue weighted by Crippen LogP contribution is -1.96. The minimum absolute atomic E-state index is 0.921. The molecule has 2 heterocycles. The van der Waals surface area contributed by atoms with Crippen molar-refractivity contribution in [2.45, 2.75) is 0 Å². The second kappa shape index (κ2) is 10.6. The lowest BCUT2D eigenvalue weighted by atomic mass is 9.81. The van der Waals surface area contributed by atoms with Gasteiger partial charge in [-0.1, -0.05) is 133 Å². The average molecular weight is 609 g/mol. The molecule has 0 aliphatic heterocycles. The first-order chi connectivity index (χ1) is 23.8. The van der Waals surface area contributed by atoms with Crippen LogP contribution in [0.3, 0.4) is 0 Å². The van der Waals surface area contributed by atoms with E-state index < -0.39 is 0 Å². The van der Waals surface area contributed by atoms with Crippen molar-refractivity contribution < 1.29 is 0 Å². The summed E-state index contributed by atoms with van der Waals surface area (Å²) in [5.74, 6) is 0. The van der Waals surface area contributed by atoms with Crippen LogP contribution in [-0.2, 0) is 0 Å². The molecule has 10 rings (SSSR count). The van der Waals surface area contributed by atoms with E-state index in [2.05, 4.69) is 146 Å². The van der Waals surface area contributed by atoms with Crippen LogP contribution in [0, 0.1) is 0 Å². The molecular weight excluding hydrogens is 581 g/mol. The highest BCUT2D eigenvalue weighted by atomic mass is 14.7. The van der Waals surface area contributed by atoms with Crippen molar-refractivity contribution in [3.8, 4) is 66.8 Å². The zero-order chi connectivity index (χ0) is 31.6.